The Labute approximate surface area is 102 Å². The van der Waals surface area contributed by atoms with Gasteiger partial charge < -0.3 is 9.47 Å². The second-order valence-electron chi connectivity index (χ2n) is 5.18. The minimum atomic E-state index is -0.313. The topological polar surface area (TPSA) is 52.6 Å². The Kier molecular flexibility index (Phi) is 2.12. The number of hydrogen-bond donors (Lipinski definition) is 0. The van der Waals surface area contributed by atoms with Crippen molar-refractivity contribution in [1.82, 2.24) is 0 Å². The van der Waals surface area contributed by atoms with E-state index in [4.69, 9.17) is 9.47 Å². The molecule has 5 unspecified atom stereocenters. The van der Waals surface area contributed by atoms with E-state index in [-0.39, 0.29) is 40.8 Å². The lowest BCUT2D eigenvalue weighted by atomic mass is 9.75. The molecule has 1 heterocycles. The molecule has 3 fully saturated rings. The average Bonchev–Trinajstić information content (AvgIpc) is 2.79. The zero-order valence-corrected chi connectivity index (χ0v) is 10.5. The van der Waals surface area contributed by atoms with Crippen molar-refractivity contribution in [2.24, 2.45) is 17.3 Å². The summed E-state index contributed by atoms with van der Waals surface area (Å²) >= 11 is 3.07. The summed E-state index contributed by atoms with van der Waals surface area (Å²) in [6, 6.07) is 0. The monoisotopic (exact) mass is 288 g/mol. The van der Waals surface area contributed by atoms with Gasteiger partial charge in [0.15, 0.2) is 0 Å². The molecule has 3 aliphatic rings. The van der Waals surface area contributed by atoms with E-state index < -0.39 is 0 Å². The molecule has 4 nitrogen and oxygen atoms in total. The van der Waals surface area contributed by atoms with Crippen LogP contribution in [0.3, 0.4) is 0 Å². The number of ether oxygens (including phenoxy) is 2. The smallest absolute Gasteiger partial charge is 0.316 e. The summed E-state index contributed by atoms with van der Waals surface area (Å²) in [5, 5.41) is 0.193. The fourth-order valence-electron chi connectivity index (χ4n) is 3.60. The van der Waals surface area contributed by atoms with Gasteiger partial charge in [0.25, 0.3) is 0 Å². The number of rotatable bonds is 2. The number of fused-ring (bicyclic) bond motifs is 1. The molecule has 0 radical (unpaired) electrons. The Bertz CT molecular complexity index is 369. The van der Waals surface area contributed by atoms with Crippen molar-refractivity contribution in [3.05, 3.63) is 0 Å². The van der Waals surface area contributed by atoms with Crippen LogP contribution in [0.2, 0.25) is 0 Å². The van der Waals surface area contributed by atoms with Crippen molar-refractivity contribution in [2.45, 2.75) is 32.0 Å². The third-order valence-corrected chi connectivity index (χ3v) is 4.79. The lowest BCUT2D eigenvalue weighted by Crippen LogP contribution is -2.39. The summed E-state index contributed by atoms with van der Waals surface area (Å²) in [5.41, 5.74) is -0.313. The second-order valence-corrected chi connectivity index (χ2v) is 5.74. The average molecular weight is 289 g/mol. The first kappa shape index (κ1) is 10.6. The van der Waals surface area contributed by atoms with Gasteiger partial charge in [0.05, 0.1) is 5.41 Å². The third kappa shape index (κ3) is 1.15. The first-order valence-electron chi connectivity index (χ1n) is 5.53. The van der Waals surface area contributed by atoms with E-state index in [1.807, 2.05) is 6.92 Å². The normalized spacial score (nSPS) is 48.2. The molecule has 1 aliphatic heterocycles. The highest BCUT2D eigenvalue weighted by Gasteiger charge is 2.69. The predicted molar refractivity (Wildman–Crippen MR) is 57.9 cm³/mol. The second kappa shape index (κ2) is 3.22. The summed E-state index contributed by atoms with van der Waals surface area (Å²) in [6.45, 7) is 1.97. The minimum Gasteiger partial charge on any atom is -0.458 e. The van der Waals surface area contributed by atoms with Gasteiger partial charge in [-0.3, -0.25) is 9.59 Å². The maximum absolute atomic E-state index is 11.7. The van der Waals surface area contributed by atoms with Crippen LogP contribution in [0.4, 0.5) is 0 Å². The van der Waals surface area contributed by atoms with Crippen molar-refractivity contribution in [3.8, 4) is 0 Å². The summed E-state index contributed by atoms with van der Waals surface area (Å²) in [7, 11) is 0. The van der Waals surface area contributed by atoms with E-state index in [0.29, 0.717) is 5.92 Å². The Hall–Kier alpha value is -0.580. The molecule has 5 heteroatoms. The summed E-state index contributed by atoms with van der Waals surface area (Å²) < 4.78 is 10.7. The first-order valence-corrected chi connectivity index (χ1v) is 6.65. The van der Waals surface area contributed by atoms with E-state index in [2.05, 4.69) is 15.9 Å². The number of esters is 2. The lowest BCUT2D eigenvalue weighted by Gasteiger charge is -2.28. The number of hydrogen-bond acceptors (Lipinski definition) is 4. The van der Waals surface area contributed by atoms with Crippen molar-refractivity contribution in [2.75, 3.05) is 5.33 Å². The Morgan fingerprint density at radius 1 is 1.69 bits per heavy atom. The van der Waals surface area contributed by atoms with Gasteiger partial charge in [0, 0.05) is 11.8 Å². The van der Waals surface area contributed by atoms with Gasteiger partial charge >= 0.3 is 11.9 Å². The van der Waals surface area contributed by atoms with Gasteiger partial charge in [-0.2, -0.15) is 0 Å². The highest BCUT2D eigenvalue weighted by molar-refractivity contribution is 9.09. The van der Waals surface area contributed by atoms with Crippen molar-refractivity contribution < 1.29 is 19.1 Å². The molecule has 0 spiro atoms. The Morgan fingerprint density at radius 3 is 3.12 bits per heavy atom. The minimum absolute atomic E-state index is 0.109. The Balaban J connectivity index is 1.83. The lowest BCUT2D eigenvalue weighted by molar-refractivity contribution is -0.159. The SMILES string of the molecule is CC12CC3CC1C(OC2=O)C3OC(=O)CBr. The van der Waals surface area contributed by atoms with Gasteiger partial charge in [0.1, 0.15) is 17.5 Å². The molecule has 0 aromatic heterocycles. The molecule has 0 aromatic rings. The number of carbonyl (C=O) groups excluding carboxylic acids is 2. The highest BCUT2D eigenvalue weighted by atomic mass is 79.9. The van der Waals surface area contributed by atoms with E-state index in [0.717, 1.165) is 12.8 Å². The van der Waals surface area contributed by atoms with Crippen molar-refractivity contribution in [1.29, 1.82) is 0 Å². The molecule has 3 rings (SSSR count). The molecular weight excluding hydrogens is 276 g/mol. The zero-order chi connectivity index (χ0) is 11.5. The molecule has 2 bridgehead atoms. The first-order chi connectivity index (χ1) is 7.56. The predicted octanol–water partition coefficient (Wildman–Crippen LogP) is 1.26. The molecule has 5 atom stereocenters. The van der Waals surface area contributed by atoms with E-state index in [1.54, 1.807) is 0 Å². The van der Waals surface area contributed by atoms with Gasteiger partial charge in [-0.15, -0.1) is 0 Å². The molecule has 16 heavy (non-hydrogen) atoms. The molecule has 2 aliphatic carbocycles. The summed E-state index contributed by atoms with van der Waals surface area (Å²) in [6.07, 6.45) is 1.34. The standard InChI is InChI=1S/C11H13BrO4/c1-11-3-5-2-6(11)9(16-10(11)14)8(5)15-7(13)4-12/h5-6,8-9H,2-4H2,1H3. The largest absolute Gasteiger partial charge is 0.458 e. The highest BCUT2D eigenvalue weighted by Crippen LogP contribution is 2.62. The van der Waals surface area contributed by atoms with Gasteiger partial charge in [-0.1, -0.05) is 15.9 Å². The number of carbonyl (C=O) groups is 2. The fraction of sp³-hybridized carbons (Fsp3) is 0.818. The van der Waals surface area contributed by atoms with Crippen molar-refractivity contribution >= 4 is 27.9 Å². The molecule has 2 saturated carbocycles. The van der Waals surface area contributed by atoms with Crippen LogP contribution in [0, 0.1) is 17.3 Å². The van der Waals surface area contributed by atoms with Crippen LogP contribution < -0.4 is 0 Å². The van der Waals surface area contributed by atoms with Crippen LogP contribution in [-0.4, -0.2) is 29.5 Å². The maximum Gasteiger partial charge on any atom is 0.316 e. The van der Waals surface area contributed by atoms with Crippen LogP contribution in [-0.2, 0) is 19.1 Å². The molecule has 0 amide bonds. The van der Waals surface area contributed by atoms with Gasteiger partial charge in [-0.05, 0) is 19.8 Å². The van der Waals surface area contributed by atoms with Gasteiger partial charge in [0.2, 0.25) is 0 Å². The molecule has 1 saturated heterocycles. The zero-order valence-electron chi connectivity index (χ0n) is 8.94. The quantitative estimate of drug-likeness (QED) is 0.567. The molecule has 88 valence electrons. The molecular formula is C11H13BrO4. The number of halogens is 1. The van der Waals surface area contributed by atoms with Crippen LogP contribution in [0.25, 0.3) is 0 Å². The van der Waals surface area contributed by atoms with Crippen LogP contribution in [0.1, 0.15) is 19.8 Å². The summed E-state index contributed by atoms with van der Waals surface area (Å²) in [5.74, 6) is 0.164. The number of alkyl halides is 1. The maximum atomic E-state index is 11.7. The van der Waals surface area contributed by atoms with Crippen molar-refractivity contribution in [3.63, 3.8) is 0 Å². The van der Waals surface area contributed by atoms with E-state index in [1.165, 1.54) is 0 Å². The summed E-state index contributed by atoms with van der Waals surface area (Å²) in [4.78, 5) is 23.0. The molecule has 0 N–H and O–H groups in total. The van der Waals surface area contributed by atoms with Crippen LogP contribution in [0.15, 0.2) is 0 Å². The third-order valence-electron chi connectivity index (χ3n) is 4.33. The van der Waals surface area contributed by atoms with E-state index in [9.17, 15) is 9.59 Å². The fourth-order valence-corrected chi connectivity index (χ4v) is 3.73. The van der Waals surface area contributed by atoms with Gasteiger partial charge in [-0.25, -0.2) is 0 Å². The van der Waals surface area contributed by atoms with Crippen LogP contribution in [0.5, 0.6) is 0 Å². The van der Waals surface area contributed by atoms with Crippen LogP contribution >= 0.6 is 15.9 Å². The molecule has 0 aromatic carbocycles. The Morgan fingerprint density at radius 2 is 2.44 bits per heavy atom. The van der Waals surface area contributed by atoms with E-state index >= 15 is 0 Å².